The summed E-state index contributed by atoms with van der Waals surface area (Å²) in [5.41, 5.74) is 0. The van der Waals surface area contributed by atoms with Crippen molar-refractivity contribution in [2.75, 3.05) is 39.6 Å². The highest BCUT2D eigenvalue weighted by Crippen LogP contribution is 2.45. The Kier molecular flexibility index (Phi) is 64.0. The van der Waals surface area contributed by atoms with Crippen LogP contribution in [0.25, 0.3) is 0 Å². The molecule has 5 atom stereocenters. The van der Waals surface area contributed by atoms with Crippen LogP contribution in [0, 0.1) is 5.92 Å². The van der Waals surface area contributed by atoms with Gasteiger partial charge in [0.15, 0.2) is 12.2 Å². The number of esters is 4. The maximum atomic E-state index is 13.0. The Bertz CT molecular complexity index is 1750. The number of aliphatic hydroxyl groups is 1. The standard InChI is InChI=1S/C72H140O17P2/c1-6-9-12-15-18-20-22-23-24-27-30-33-37-41-46-51-56-70(75)83-62-68(89-72(77)58-53-48-43-38-34-31-28-25-26-29-32-35-40-44-49-54-65(4)5)64-87-91(80,81)85-60-66(73)59-84-90(78,79)86-63-67(61-82-69(74)55-50-45-39-17-14-11-8-3)88-71(76)57-52-47-42-36-21-19-16-13-10-7-2/h65-68,73H,6-64H2,1-5H3,(H,78,79)(H,80,81)/t66-,67+,68+/m0/s1. The minimum Gasteiger partial charge on any atom is -0.462 e. The third kappa shape index (κ3) is 66.5. The van der Waals surface area contributed by atoms with Crippen molar-refractivity contribution in [3.63, 3.8) is 0 Å². The average molecular weight is 1340 g/mol. The number of hydrogen-bond acceptors (Lipinski definition) is 15. The van der Waals surface area contributed by atoms with Gasteiger partial charge in [-0.15, -0.1) is 0 Å². The van der Waals surface area contributed by atoms with Crippen LogP contribution in [0.15, 0.2) is 0 Å². The van der Waals surface area contributed by atoms with Gasteiger partial charge in [-0.3, -0.25) is 37.3 Å². The van der Waals surface area contributed by atoms with E-state index < -0.39 is 97.5 Å². The summed E-state index contributed by atoms with van der Waals surface area (Å²) in [7, 11) is -9.89. The summed E-state index contributed by atoms with van der Waals surface area (Å²) in [4.78, 5) is 72.5. The molecule has 0 rings (SSSR count). The van der Waals surface area contributed by atoms with Gasteiger partial charge in [0, 0.05) is 25.7 Å². The molecule has 0 radical (unpaired) electrons. The second-order valence-corrected chi connectivity index (χ2v) is 29.4. The van der Waals surface area contributed by atoms with Crippen LogP contribution in [0.3, 0.4) is 0 Å². The van der Waals surface area contributed by atoms with E-state index >= 15 is 0 Å². The van der Waals surface area contributed by atoms with Gasteiger partial charge < -0.3 is 33.8 Å². The van der Waals surface area contributed by atoms with E-state index in [9.17, 15) is 43.2 Å². The van der Waals surface area contributed by atoms with Crippen LogP contribution in [0.4, 0.5) is 0 Å². The van der Waals surface area contributed by atoms with E-state index in [2.05, 4.69) is 34.6 Å². The van der Waals surface area contributed by atoms with Crippen molar-refractivity contribution >= 4 is 39.5 Å². The quantitative estimate of drug-likeness (QED) is 0.0222. The fourth-order valence-corrected chi connectivity index (χ4v) is 12.6. The van der Waals surface area contributed by atoms with Crippen LogP contribution in [-0.2, 0) is 65.4 Å². The van der Waals surface area contributed by atoms with Gasteiger partial charge >= 0.3 is 39.5 Å². The first kappa shape index (κ1) is 89.1. The molecular weight excluding hydrogens is 1200 g/mol. The van der Waals surface area contributed by atoms with Crippen molar-refractivity contribution < 1.29 is 80.2 Å². The summed E-state index contributed by atoms with van der Waals surface area (Å²) in [5, 5.41) is 10.6. The van der Waals surface area contributed by atoms with E-state index in [4.69, 9.17) is 37.0 Å². The monoisotopic (exact) mass is 1340 g/mol. The van der Waals surface area contributed by atoms with Crippen molar-refractivity contribution in [1.82, 2.24) is 0 Å². The van der Waals surface area contributed by atoms with Gasteiger partial charge in [0.2, 0.25) is 0 Å². The molecule has 0 saturated carbocycles. The molecule has 0 spiro atoms. The van der Waals surface area contributed by atoms with Gasteiger partial charge in [-0.1, -0.05) is 324 Å². The molecule has 3 N–H and O–H groups in total. The molecule has 0 aliphatic carbocycles. The molecule has 17 nitrogen and oxygen atoms in total. The minimum absolute atomic E-state index is 0.106. The molecule has 0 fully saturated rings. The van der Waals surface area contributed by atoms with Crippen LogP contribution in [0.1, 0.15) is 375 Å². The van der Waals surface area contributed by atoms with Crippen molar-refractivity contribution in [3.05, 3.63) is 0 Å². The maximum Gasteiger partial charge on any atom is 0.472 e. The lowest BCUT2D eigenvalue weighted by molar-refractivity contribution is -0.161. The number of carbonyl (C=O) groups excluding carboxylic acids is 4. The summed E-state index contributed by atoms with van der Waals surface area (Å²) >= 11 is 0. The molecule has 0 aromatic heterocycles. The first-order chi connectivity index (χ1) is 44.0. The van der Waals surface area contributed by atoms with Gasteiger partial charge in [-0.25, -0.2) is 9.13 Å². The van der Waals surface area contributed by atoms with Crippen molar-refractivity contribution in [2.24, 2.45) is 5.92 Å². The van der Waals surface area contributed by atoms with Crippen LogP contribution >= 0.6 is 15.6 Å². The fraction of sp³-hybridized carbons (Fsp3) is 0.944. The summed E-state index contributed by atoms with van der Waals surface area (Å²) in [6, 6.07) is 0. The predicted molar refractivity (Wildman–Crippen MR) is 368 cm³/mol. The van der Waals surface area contributed by atoms with Crippen LogP contribution in [0.5, 0.6) is 0 Å². The van der Waals surface area contributed by atoms with E-state index in [-0.39, 0.29) is 25.7 Å². The van der Waals surface area contributed by atoms with Gasteiger partial charge in [0.05, 0.1) is 26.4 Å². The Morgan fingerprint density at radius 3 is 0.747 bits per heavy atom. The summed E-state index contributed by atoms with van der Waals surface area (Å²) in [6.07, 6.45) is 52.8. The van der Waals surface area contributed by atoms with E-state index in [1.807, 2.05) is 0 Å². The van der Waals surface area contributed by atoms with Crippen molar-refractivity contribution in [2.45, 2.75) is 393 Å². The Morgan fingerprint density at radius 1 is 0.297 bits per heavy atom. The zero-order valence-electron chi connectivity index (χ0n) is 59.0. The van der Waals surface area contributed by atoms with Gasteiger partial charge in [-0.05, 0) is 31.6 Å². The molecule has 0 heterocycles. The van der Waals surface area contributed by atoms with Crippen molar-refractivity contribution in [1.29, 1.82) is 0 Å². The highest BCUT2D eigenvalue weighted by Gasteiger charge is 2.30. The largest absolute Gasteiger partial charge is 0.472 e. The van der Waals surface area contributed by atoms with E-state index in [1.54, 1.807) is 0 Å². The maximum absolute atomic E-state index is 13.0. The number of carbonyl (C=O) groups is 4. The first-order valence-electron chi connectivity index (χ1n) is 37.6. The molecule has 0 bridgehead atoms. The van der Waals surface area contributed by atoms with Crippen LogP contribution in [0.2, 0.25) is 0 Å². The topological polar surface area (TPSA) is 237 Å². The molecule has 540 valence electrons. The third-order valence-electron chi connectivity index (χ3n) is 16.8. The van der Waals surface area contributed by atoms with Gasteiger partial charge in [-0.2, -0.15) is 0 Å². The SMILES string of the molecule is CCCCCCCCCCCCCCCCCCC(=O)OC[C@H](COP(=O)(O)OC[C@@H](O)COP(=O)(O)OC[C@@H](COC(=O)CCCCCCCCC)OC(=O)CCCCCCCCCCCC)OC(=O)CCCCCCCCCCCCCCCCCC(C)C. The number of unbranched alkanes of at least 4 members (excludes halogenated alkanes) is 44. The third-order valence-corrected chi connectivity index (χ3v) is 18.7. The Balaban J connectivity index is 5.18. The Hall–Kier alpha value is -1.94. The lowest BCUT2D eigenvalue weighted by Gasteiger charge is -2.21. The highest BCUT2D eigenvalue weighted by atomic mass is 31.2. The van der Waals surface area contributed by atoms with Crippen LogP contribution in [-0.4, -0.2) is 96.7 Å². The molecule has 0 aliphatic rings. The number of rotatable bonds is 72. The molecule has 2 unspecified atom stereocenters. The smallest absolute Gasteiger partial charge is 0.462 e. The number of phosphoric acid groups is 2. The second kappa shape index (κ2) is 65.4. The normalized spacial score (nSPS) is 14.0. The van der Waals surface area contributed by atoms with E-state index in [1.165, 1.54) is 186 Å². The molecule has 0 aromatic carbocycles. The minimum atomic E-state index is -4.95. The first-order valence-corrected chi connectivity index (χ1v) is 40.6. The van der Waals surface area contributed by atoms with Crippen molar-refractivity contribution in [3.8, 4) is 0 Å². The molecule has 19 heteroatoms. The van der Waals surface area contributed by atoms with E-state index in [0.29, 0.717) is 25.7 Å². The zero-order chi connectivity index (χ0) is 67.0. The molecule has 0 aromatic rings. The summed E-state index contributed by atoms with van der Waals surface area (Å²) in [5.74, 6) is -1.32. The molecule has 0 saturated heterocycles. The number of aliphatic hydroxyl groups excluding tert-OH is 1. The summed E-state index contributed by atoms with van der Waals surface area (Å²) < 4.78 is 68.2. The molecule has 0 amide bonds. The lowest BCUT2D eigenvalue weighted by Crippen LogP contribution is -2.30. The molecule has 91 heavy (non-hydrogen) atoms. The Labute approximate surface area is 556 Å². The predicted octanol–water partition coefficient (Wildman–Crippen LogP) is 20.9. The van der Waals surface area contributed by atoms with Gasteiger partial charge in [0.1, 0.15) is 19.3 Å². The van der Waals surface area contributed by atoms with Gasteiger partial charge in [0.25, 0.3) is 0 Å². The fourth-order valence-electron chi connectivity index (χ4n) is 11.0. The average Bonchev–Trinajstić information content (AvgIpc) is 3.50. The summed E-state index contributed by atoms with van der Waals surface area (Å²) in [6.45, 7) is 7.24. The Morgan fingerprint density at radius 2 is 0.505 bits per heavy atom. The second-order valence-electron chi connectivity index (χ2n) is 26.5. The zero-order valence-corrected chi connectivity index (χ0v) is 60.8. The van der Waals surface area contributed by atoms with E-state index in [0.717, 1.165) is 109 Å². The number of ether oxygens (including phenoxy) is 4. The number of hydrogen-bond donors (Lipinski definition) is 3. The lowest BCUT2D eigenvalue weighted by atomic mass is 10.0. The molecular formula is C72H140O17P2. The molecule has 0 aliphatic heterocycles. The number of phosphoric ester groups is 2. The highest BCUT2D eigenvalue weighted by molar-refractivity contribution is 7.47. The van der Waals surface area contributed by atoms with Crippen LogP contribution < -0.4 is 0 Å².